The van der Waals surface area contributed by atoms with Crippen LogP contribution in [-0.4, -0.2) is 57.1 Å². The average molecular weight is 422 g/mol. The summed E-state index contributed by atoms with van der Waals surface area (Å²) in [5.74, 6) is 0.991. The van der Waals surface area contributed by atoms with Crippen LogP contribution in [0.4, 0.5) is 5.69 Å². The maximum absolute atomic E-state index is 6.74. The van der Waals surface area contributed by atoms with Gasteiger partial charge in [-0.25, -0.2) is 4.99 Å². The van der Waals surface area contributed by atoms with Crippen LogP contribution in [0, 0.1) is 0 Å². The lowest BCUT2D eigenvalue weighted by Crippen LogP contribution is -2.43. The smallest absolute Gasteiger partial charge is 0.198 e. The third kappa shape index (κ3) is 3.15. The number of nitrogens with one attached hydrogen (secondary N) is 1. The van der Waals surface area contributed by atoms with Crippen molar-refractivity contribution < 1.29 is 0 Å². The number of hydrogen-bond acceptors (Lipinski definition) is 6. The normalized spacial score (nSPS) is 18.5. The minimum absolute atomic E-state index is 0.152. The quantitative estimate of drug-likeness (QED) is 0.698. The molecule has 0 bridgehead atoms. The first kappa shape index (κ1) is 18.8. The number of benzene rings is 1. The van der Waals surface area contributed by atoms with Gasteiger partial charge in [0, 0.05) is 69.1 Å². The molecule has 2 aliphatic rings. The molecule has 0 saturated heterocycles. The van der Waals surface area contributed by atoms with Crippen molar-refractivity contribution in [2.75, 3.05) is 26.1 Å². The minimum atomic E-state index is -0.152. The number of amidine groups is 1. The highest BCUT2D eigenvalue weighted by atomic mass is 35.5. The molecule has 0 radical (unpaired) electrons. The van der Waals surface area contributed by atoms with E-state index in [0.29, 0.717) is 0 Å². The molecule has 154 valence electrons. The zero-order valence-electron chi connectivity index (χ0n) is 17.2. The number of pyridine rings is 1. The summed E-state index contributed by atoms with van der Waals surface area (Å²) in [4.78, 5) is 15.6. The summed E-state index contributed by atoms with van der Waals surface area (Å²) in [6.07, 6.45) is 7.62. The molecule has 0 saturated carbocycles. The van der Waals surface area contributed by atoms with Gasteiger partial charge in [0.05, 0.1) is 17.4 Å². The first-order chi connectivity index (χ1) is 14.5. The number of fused-ring (bicyclic) bond motifs is 2. The highest BCUT2D eigenvalue weighted by Crippen LogP contribution is 2.31. The number of aliphatic imine (C=N–C) groups is 1. The second-order valence-corrected chi connectivity index (χ2v) is 8.19. The third-order valence-corrected chi connectivity index (χ3v) is 6.16. The van der Waals surface area contributed by atoms with Crippen LogP contribution in [0.15, 0.2) is 65.8 Å². The summed E-state index contributed by atoms with van der Waals surface area (Å²) in [5, 5.41) is 5.37. The standard InChI is InChI=1S/C22H24ClN7/c1-27-11-8-17-18(27)5-4-15(20(17)23)12-30-13-19-21(28(2)14-30)26-22(29(19)3)25-16-6-9-24-10-7-16/h4-11,13,22H,12,14H2,1-3H3,(H,24,25). The first-order valence-corrected chi connectivity index (χ1v) is 10.3. The fourth-order valence-electron chi connectivity index (χ4n) is 4.08. The van der Waals surface area contributed by atoms with E-state index in [1.807, 2.05) is 25.4 Å². The topological polar surface area (TPSA) is 51.9 Å². The molecule has 0 spiro atoms. The molecule has 1 aromatic carbocycles. The molecule has 1 atom stereocenters. The van der Waals surface area contributed by atoms with Gasteiger partial charge in [0.25, 0.3) is 0 Å². The summed E-state index contributed by atoms with van der Waals surface area (Å²) in [6, 6.07) is 10.2. The van der Waals surface area contributed by atoms with Crippen LogP contribution in [0.1, 0.15) is 5.56 Å². The molecule has 4 heterocycles. The van der Waals surface area contributed by atoms with Crippen molar-refractivity contribution >= 4 is 34.0 Å². The lowest BCUT2D eigenvalue weighted by molar-refractivity contribution is 0.245. The van der Waals surface area contributed by atoms with Crippen LogP contribution in [0.3, 0.4) is 0 Å². The fraction of sp³-hybridized carbons (Fsp3) is 0.273. The Balaban J connectivity index is 1.39. The average Bonchev–Trinajstić information content (AvgIpc) is 3.27. The van der Waals surface area contributed by atoms with Crippen molar-refractivity contribution in [2.24, 2.45) is 12.0 Å². The number of aromatic nitrogens is 2. The molecule has 30 heavy (non-hydrogen) atoms. The number of aryl methyl sites for hydroxylation is 1. The zero-order chi connectivity index (χ0) is 20.8. The van der Waals surface area contributed by atoms with Gasteiger partial charge in [0.1, 0.15) is 0 Å². The van der Waals surface area contributed by atoms with Gasteiger partial charge >= 0.3 is 0 Å². The summed E-state index contributed by atoms with van der Waals surface area (Å²) in [5.41, 5.74) is 4.35. The van der Waals surface area contributed by atoms with Crippen molar-refractivity contribution in [1.29, 1.82) is 0 Å². The van der Waals surface area contributed by atoms with Crippen molar-refractivity contribution in [3.05, 3.63) is 71.4 Å². The van der Waals surface area contributed by atoms with E-state index < -0.39 is 0 Å². The van der Waals surface area contributed by atoms with E-state index in [1.54, 1.807) is 12.4 Å². The van der Waals surface area contributed by atoms with Crippen LogP contribution in [0.2, 0.25) is 5.02 Å². The molecule has 1 N–H and O–H groups in total. The molecule has 2 aliphatic heterocycles. The van der Waals surface area contributed by atoms with Crippen molar-refractivity contribution in [2.45, 2.75) is 12.8 Å². The minimum Gasteiger partial charge on any atom is -0.353 e. The number of likely N-dealkylation sites (N-methyl/N-ethyl adjacent to an activating group) is 2. The van der Waals surface area contributed by atoms with Gasteiger partial charge in [-0.05, 0) is 29.8 Å². The van der Waals surface area contributed by atoms with Gasteiger partial charge in [-0.3, -0.25) is 4.98 Å². The monoisotopic (exact) mass is 421 g/mol. The van der Waals surface area contributed by atoms with Crippen LogP contribution in [0.25, 0.3) is 10.9 Å². The van der Waals surface area contributed by atoms with E-state index >= 15 is 0 Å². The number of halogens is 1. The van der Waals surface area contributed by atoms with E-state index in [0.717, 1.165) is 51.9 Å². The molecule has 0 aliphatic carbocycles. The Morgan fingerprint density at radius 1 is 1.10 bits per heavy atom. The third-order valence-electron chi connectivity index (χ3n) is 5.71. The maximum atomic E-state index is 6.74. The molecule has 5 rings (SSSR count). The predicted octanol–water partition coefficient (Wildman–Crippen LogP) is 3.51. The summed E-state index contributed by atoms with van der Waals surface area (Å²) in [7, 11) is 6.17. The number of anilines is 1. The predicted molar refractivity (Wildman–Crippen MR) is 121 cm³/mol. The van der Waals surface area contributed by atoms with Gasteiger partial charge in [-0.15, -0.1) is 0 Å². The highest BCUT2D eigenvalue weighted by Gasteiger charge is 2.33. The maximum Gasteiger partial charge on any atom is 0.198 e. The molecule has 2 aromatic heterocycles. The molecule has 3 aromatic rings. The Kier molecular flexibility index (Phi) is 4.55. The zero-order valence-corrected chi connectivity index (χ0v) is 18.0. The van der Waals surface area contributed by atoms with Crippen LogP contribution >= 0.6 is 11.6 Å². The largest absolute Gasteiger partial charge is 0.353 e. The molecular formula is C22H24ClN7. The van der Waals surface area contributed by atoms with Crippen molar-refractivity contribution in [3.8, 4) is 0 Å². The van der Waals surface area contributed by atoms with E-state index in [9.17, 15) is 0 Å². The van der Waals surface area contributed by atoms with E-state index in [-0.39, 0.29) is 6.29 Å². The summed E-state index contributed by atoms with van der Waals surface area (Å²) >= 11 is 6.74. The van der Waals surface area contributed by atoms with Gasteiger partial charge < -0.3 is 24.6 Å². The summed E-state index contributed by atoms with van der Waals surface area (Å²) < 4.78 is 2.09. The lowest BCUT2D eigenvalue weighted by atomic mass is 10.1. The van der Waals surface area contributed by atoms with Gasteiger partial charge in [0.15, 0.2) is 12.1 Å². The first-order valence-electron chi connectivity index (χ1n) is 9.88. The Labute approximate surface area is 180 Å². The Hall–Kier alpha value is -3.19. The van der Waals surface area contributed by atoms with Crippen LogP contribution in [-0.2, 0) is 13.6 Å². The van der Waals surface area contributed by atoms with Crippen LogP contribution < -0.4 is 5.32 Å². The molecule has 0 amide bonds. The van der Waals surface area contributed by atoms with E-state index in [2.05, 4.69) is 68.1 Å². The van der Waals surface area contributed by atoms with Gasteiger partial charge in [0.2, 0.25) is 0 Å². The second-order valence-electron chi connectivity index (χ2n) is 7.82. The van der Waals surface area contributed by atoms with Gasteiger partial charge in [-0.1, -0.05) is 17.7 Å². The Bertz CT molecular complexity index is 1150. The second kappa shape index (κ2) is 7.25. The van der Waals surface area contributed by atoms with E-state index in [1.165, 1.54) is 0 Å². The highest BCUT2D eigenvalue weighted by molar-refractivity contribution is 6.36. The Morgan fingerprint density at radius 2 is 1.90 bits per heavy atom. The van der Waals surface area contributed by atoms with Crippen molar-refractivity contribution in [3.63, 3.8) is 0 Å². The number of nitrogens with zero attached hydrogens (tertiary/aromatic N) is 6. The van der Waals surface area contributed by atoms with Gasteiger partial charge in [-0.2, -0.15) is 0 Å². The molecule has 7 nitrogen and oxygen atoms in total. The molecule has 8 heteroatoms. The number of hydrogen-bond donors (Lipinski definition) is 1. The van der Waals surface area contributed by atoms with Crippen molar-refractivity contribution in [1.82, 2.24) is 24.3 Å². The van der Waals surface area contributed by atoms with Crippen LogP contribution in [0.5, 0.6) is 0 Å². The molecular weight excluding hydrogens is 398 g/mol. The van der Waals surface area contributed by atoms with E-state index in [4.69, 9.17) is 16.6 Å². The SMILES string of the molecule is CN1CN(Cc2ccc3c(ccn3C)c2Cl)C=C2C1=NC(Nc1ccncc1)N2C. The summed E-state index contributed by atoms with van der Waals surface area (Å²) in [6.45, 7) is 1.49. The molecule has 0 fully saturated rings. The molecule has 1 unspecified atom stereocenters. The number of rotatable bonds is 4. The lowest BCUT2D eigenvalue weighted by Gasteiger charge is -2.35. The Morgan fingerprint density at radius 3 is 2.70 bits per heavy atom. The fourth-order valence-corrected chi connectivity index (χ4v) is 4.36.